The number of rotatable bonds is 4. The van der Waals surface area contributed by atoms with Crippen molar-refractivity contribution in [3.8, 4) is 0 Å². The van der Waals surface area contributed by atoms with Gasteiger partial charge in [-0.25, -0.2) is 0 Å². The molecule has 0 heterocycles. The Kier molecular flexibility index (Phi) is 3.86. The second-order valence-electron chi connectivity index (χ2n) is 3.29. The van der Waals surface area contributed by atoms with Crippen molar-refractivity contribution in [2.45, 2.75) is 6.92 Å². The Hall–Kier alpha value is -1.35. The molecule has 3 nitrogen and oxygen atoms in total. The largest absolute Gasteiger partial charge is 0.317 e. The van der Waals surface area contributed by atoms with Gasteiger partial charge >= 0.3 is 0 Å². The van der Waals surface area contributed by atoms with Gasteiger partial charge in [-0.3, -0.25) is 9.59 Å². The SMILES string of the molecule is Cc1ccc(C(=O)CCl)c(N(C)C=O)c1. The number of Topliss-reactive ketones (excluding diaryl/α,β-unsaturated/α-hetero) is 1. The molecule has 4 heteroatoms. The van der Waals surface area contributed by atoms with Gasteiger partial charge in [0.05, 0.1) is 11.6 Å². The van der Waals surface area contributed by atoms with E-state index in [1.165, 1.54) is 4.90 Å². The number of carbonyl (C=O) groups is 2. The summed E-state index contributed by atoms with van der Waals surface area (Å²) in [7, 11) is 1.60. The molecule has 0 spiro atoms. The third kappa shape index (κ3) is 2.57. The highest BCUT2D eigenvalue weighted by atomic mass is 35.5. The fourth-order valence-electron chi connectivity index (χ4n) is 1.30. The van der Waals surface area contributed by atoms with E-state index in [9.17, 15) is 9.59 Å². The molecule has 0 aromatic heterocycles. The summed E-state index contributed by atoms with van der Waals surface area (Å²) in [5, 5.41) is 0. The van der Waals surface area contributed by atoms with Crippen molar-refractivity contribution in [1.29, 1.82) is 0 Å². The monoisotopic (exact) mass is 225 g/mol. The highest BCUT2D eigenvalue weighted by Crippen LogP contribution is 2.21. The van der Waals surface area contributed by atoms with Gasteiger partial charge in [0.25, 0.3) is 0 Å². The van der Waals surface area contributed by atoms with Gasteiger partial charge in [0.15, 0.2) is 5.78 Å². The van der Waals surface area contributed by atoms with Crippen molar-refractivity contribution in [2.75, 3.05) is 17.8 Å². The van der Waals surface area contributed by atoms with Crippen LogP contribution in [0.15, 0.2) is 18.2 Å². The second-order valence-corrected chi connectivity index (χ2v) is 3.56. The molecule has 1 rings (SSSR count). The van der Waals surface area contributed by atoms with Crippen LogP contribution >= 0.6 is 11.6 Å². The molecule has 80 valence electrons. The number of alkyl halides is 1. The minimum absolute atomic E-state index is 0.0806. The molecule has 1 aromatic carbocycles. The van der Waals surface area contributed by atoms with Gasteiger partial charge in [-0.2, -0.15) is 0 Å². The van der Waals surface area contributed by atoms with Crippen molar-refractivity contribution >= 4 is 29.5 Å². The molecule has 0 atom stereocenters. The van der Waals surface area contributed by atoms with Crippen molar-refractivity contribution in [3.63, 3.8) is 0 Å². The van der Waals surface area contributed by atoms with Crippen LogP contribution in [0.5, 0.6) is 0 Å². The van der Waals surface area contributed by atoms with Gasteiger partial charge in [-0.15, -0.1) is 11.6 Å². The van der Waals surface area contributed by atoms with Gasteiger partial charge in [0.2, 0.25) is 6.41 Å². The Bertz CT molecular complexity index is 390. The Morgan fingerprint density at radius 3 is 2.73 bits per heavy atom. The molecule has 1 amide bonds. The number of hydrogen-bond acceptors (Lipinski definition) is 2. The van der Waals surface area contributed by atoms with Crippen LogP contribution < -0.4 is 4.90 Å². The van der Waals surface area contributed by atoms with Crippen molar-refractivity contribution in [2.24, 2.45) is 0 Å². The summed E-state index contributed by atoms with van der Waals surface area (Å²) in [6.07, 6.45) is 0.666. The van der Waals surface area contributed by atoms with Gasteiger partial charge in [0.1, 0.15) is 0 Å². The van der Waals surface area contributed by atoms with E-state index in [1.807, 2.05) is 13.0 Å². The Morgan fingerprint density at radius 2 is 2.20 bits per heavy atom. The summed E-state index contributed by atoms with van der Waals surface area (Å²) in [6, 6.07) is 5.30. The third-order valence-corrected chi connectivity index (χ3v) is 2.36. The molecule has 0 saturated carbocycles. The molecular weight excluding hydrogens is 214 g/mol. The molecule has 0 bridgehead atoms. The maximum absolute atomic E-state index is 11.5. The lowest BCUT2D eigenvalue weighted by Gasteiger charge is -2.15. The summed E-state index contributed by atoms with van der Waals surface area (Å²) in [6.45, 7) is 1.90. The number of amides is 1. The lowest BCUT2D eigenvalue weighted by Crippen LogP contribution is -2.18. The third-order valence-electron chi connectivity index (χ3n) is 2.11. The summed E-state index contributed by atoms with van der Waals surface area (Å²) in [5.41, 5.74) is 2.06. The number of benzene rings is 1. The molecule has 0 fully saturated rings. The number of halogens is 1. The van der Waals surface area contributed by atoms with E-state index in [0.29, 0.717) is 17.7 Å². The number of hydrogen-bond donors (Lipinski definition) is 0. The molecule has 0 aliphatic heterocycles. The number of carbonyl (C=O) groups excluding carboxylic acids is 2. The van der Waals surface area contributed by atoms with E-state index in [-0.39, 0.29) is 11.7 Å². The minimum Gasteiger partial charge on any atom is -0.317 e. The highest BCUT2D eigenvalue weighted by molar-refractivity contribution is 6.31. The number of aryl methyl sites for hydroxylation is 1. The van der Waals surface area contributed by atoms with E-state index < -0.39 is 0 Å². The van der Waals surface area contributed by atoms with Crippen LogP contribution in [0.25, 0.3) is 0 Å². The summed E-state index contributed by atoms with van der Waals surface area (Å²) < 4.78 is 0. The zero-order valence-electron chi connectivity index (χ0n) is 8.66. The smallest absolute Gasteiger partial charge is 0.213 e. The standard InChI is InChI=1S/C11H12ClNO2/c1-8-3-4-9(11(15)6-12)10(5-8)13(2)7-14/h3-5,7H,6H2,1-2H3. The van der Waals surface area contributed by atoms with E-state index in [0.717, 1.165) is 5.56 Å². The Labute approximate surface area is 93.6 Å². The van der Waals surface area contributed by atoms with Crippen LogP contribution in [0, 0.1) is 6.92 Å². The van der Waals surface area contributed by atoms with E-state index in [4.69, 9.17) is 11.6 Å². The first-order valence-electron chi connectivity index (χ1n) is 4.48. The summed E-state index contributed by atoms with van der Waals surface area (Å²) in [5.74, 6) is -0.261. The number of anilines is 1. The Balaban J connectivity index is 3.25. The predicted octanol–water partition coefficient (Wildman–Crippen LogP) is 2.01. The normalized spacial score (nSPS) is 9.80. The predicted molar refractivity (Wildman–Crippen MR) is 60.7 cm³/mol. The van der Waals surface area contributed by atoms with Gasteiger partial charge in [0, 0.05) is 12.6 Å². The molecule has 1 aromatic rings. The fraction of sp³-hybridized carbons (Fsp3) is 0.273. The molecular formula is C11H12ClNO2. The molecule has 0 unspecified atom stereocenters. The molecule has 0 aliphatic rings. The average molecular weight is 226 g/mol. The van der Waals surface area contributed by atoms with Crippen molar-refractivity contribution < 1.29 is 9.59 Å². The van der Waals surface area contributed by atoms with Gasteiger partial charge < -0.3 is 4.90 Å². The van der Waals surface area contributed by atoms with Crippen LogP contribution in [-0.2, 0) is 4.79 Å². The highest BCUT2D eigenvalue weighted by Gasteiger charge is 2.13. The maximum Gasteiger partial charge on any atom is 0.213 e. The quantitative estimate of drug-likeness (QED) is 0.447. The molecule has 0 N–H and O–H groups in total. The lowest BCUT2D eigenvalue weighted by molar-refractivity contribution is -0.107. The van der Waals surface area contributed by atoms with Crippen LogP contribution in [0.2, 0.25) is 0 Å². The van der Waals surface area contributed by atoms with Gasteiger partial charge in [-0.05, 0) is 24.6 Å². The first-order chi connectivity index (χ1) is 7.10. The molecule has 0 aliphatic carbocycles. The molecule has 0 saturated heterocycles. The number of nitrogens with zero attached hydrogens (tertiary/aromatic N) is 1. The number of ketones is 1. The van der Waals surface area contributed by atoms with E-state index in [1.54, 1.807) is 19.2 Å². The maximum atomic E-state index is 11.5. The first-order valence-corrected chi connectivity index (χ1v) is 5.01. The molecule has 15 heavy (non-hydrogen) atoms. The zero-order valence-corrected chi connectivity index (χ0v) is 9.41. The molecule has 0 radical (unpaired) electrons. The second kappa shape index (κ2) is 4.94. The van der Waals surface area contributed by atoms with Crippen molar-refractivity contribution in [1.82, 2.24) is 0 Å². The summed E-state index contributed by atoms with van der Waals surface area (Å²) >= 11 is 5.49. The van der Waals surface area contributed by atoms with E-state index >= 15 is 0 Å². The minimum atomic E-state index is -0.180. The Morgan fingerprint density at radius 1 is 1.53 bits per heavy atom. The van der Waals surface area contributed by atoms with Crippen molar-refractivity contribution in [3.05, 3.63) is 29.3 Å². The van der Waals surface area contributed by atoms with Gasteiger partial charge in [-0.1, -0.05) is 6.07 Å². The lowest BCUT2D eigenvalue weighted by atomic mass is 10.1. The van der Waals surface area contributed by atoms with E-state index in [2.05, 4.69) is 0 Å². The first kappa shape index (κ1) is 11.7. The zero-order chi connectivity index (χ0) is 11.4. The van der Waals surface area contributed by atoms with Crippen LogP contribution in [0.3, 0.4) is 0 Å². The topological polar surface area (TPSA) is 37.4 Å². The fourth-order valence-corrected chi connectivity index (χ4v) is 1.44. The van der Waals surface area contributed by atoms with Crippen LogP contribution in [0.4, 0.5) is 5.69 Å². The summed E-state index contributed by atoms with van der Waals surface area (Å²) in [4.78, 5) is 23.5. The van der Waals surface area contributed by atoms with Crippen LogP contribution in [0.1, 0.15) is 15.9 Å². The van der Waals surface area contributed by atoms with Crippen LogP contribution in [-0.4, -0.2) is 25.1 Å². The average Bonchev–Trinajstić information content (AvgIpc) is 2.26.